The first kappa shape index (κ1) is 46.0. The van der Waals surface area contributed by atoms with Crippen LogP contribution in [0.5, 0.6) is 0 Å². The van der Waals surface area contributed by atoms with Crippen LogP contribution in [0.15, 0.2) is 12.2 Å². The van der Waals surface area contributed by atoms with Crippen LogP contribution in [0.2, 0.25) is 0 Å². The Bertz CT molecular complexity index is 655. The lowest BCUT2D eigenvalue weighted by molar-refractivity contribution is 0.0437. The number of likely N-dealkylation sites (tertiary alicyclic amines) is 1. The van der Waals surface area contributed by atoms with Crippen molar-refractivity contribution in [3.63, 3.8) is 0 Å². The molecule has 3 atom stereocenters. The SMILES string of the molecule is C.C.C.CC(C)(C)C1C=CCN1C(C)(C)C.CC(C)(C)C1CCCN1C(C)(C)C.CC(C)(C)C1COCN1C(C)(C)C. The summed E-state index contributed by atoms with van der Waals surface area (Å²) in [5.41, 5.74) is 1.93. The van der Waals surface area contributed by atoms with Gasteiger partial charge in [0.15, 0.2) is 0 Å². The van der Waals surface area contributed by atoms with Gasteiger partial charge < -0.3 is 4.74 Å². The molecular formula is C38H83N3O. The Hall–Kier alpha value is -0.420. The van der Waals surface area contributed by atoms with Crippen molar-refractivity contribution >= 4 is 0 Å². The normalized spacial score (nSPS) is 24.5. The Labute approximate surface area is 268 Å². The van der Waals surface area contributed by atoms with Crippen LogP contribution in [0.25, 0.3) is 0 Å². The van der Waals surface area contributed by atoms with Crippen molar-refractivity contribution < 1.29 is 4.74 Å². The molecule has 2 fully saturated rings. The molecule has 3 aliphatic rings. The summed E-state index contributed by atoms with van der Waals surface area (Å²) in [6.07, 6.45) is 7.40. The minimum Gasteiger partial charge on any atom is -0.364 e. The van der Waals surface area contributed by atoms with Crippen LogP contribution in [0.4, 0.5) is 0 Å². The highest BCUT2D eigenvalue weighted by Crippen LogP contribution is 2.37. The first-order chi connectivity index (χ1) is 17.2. The molecule has 42 heavy (non-hydrogen) atoms. The van der Waals surface area contributed by atoms with Gasteiger partial charge in [0.2, 0.25) is 0 Å². The van der Waals surface area contributed by atoms with Crippen LogP contribution in [0.1, 0.15) is 160 Å². The van der Waals surface area contributed by atoms with Crippen molar-refractivity contribution in [2.75, 3.05) is 26.4 Å². The van der Waals surface area contributed by atoms with E-state index in [-0.39, 0.29) is 33.4 Å². The van der Waals surface area contributed by atoms with Crippen LogP contribution in [-0.4, -0.2) is 75.9 Å². The third kappa shape index (κ3) is 13.7. The maximum atomic E-state index is 5.55. The lowest BCUT2D eigenvalue weighted by atomic mass is 9.83. The number of hydrogen-bond donors (Lipinski definition) is 0. The van der Waals surface area contributed by atoms with Gasteiger partial charge in [-0.15, -0.1) is 0 Å². The topological polar surface area (TPSA) is 19.0 Å². The summed E-state index contributed by atoms with van der Waals surface area (Å²) < 4.78 is 5.55. The van der Waals surface area contributed by atoms with Gasteiger partial charge in [0.1, 0.15) is 0 Å². The number of ether oxygens (including phenoxy) is 1. The zero-order valence-electron chi connectivity index (χ0n) is 29.9. The minimum atomic E-state index is 0. The quantitative estimate of drug-likeness (QED) is 0.259. The monoisotopic (exact) mass is 598 g/mol. The van der Waals surface area contributed by atoms with Gasteiger partial charge in [-0.1, -0.05) is 96.7 Å². The third-order valence-corrected chi connectivity index (χ3v) is 8.56. The molecule has 3 heterocycles. The number of nitrogens with zero attached hydrogens (tertiary/aromatic N) is 3. The molecule has 0 bridgehead atoms. The highest BCUT2D eigenvalue weighted by molar-refractivity contribution is 5.11. The van der Waals surface area contributed by atoms with Crippen molar-refractivity contribution in [3.05, 3.63) is 12.2 Å². The highest BCUT2D eigenvalue weighted by Gasteiger charge is 2.41. The van der Waals surface area contributed by atoms with Crippen LogP contribution in [0.3, 0.4) is 0 Å². The zero-order valence-corrected chi connectivity index (χ0v) is 29.9. The fraction of sp³-hybridized carbons (Fsp3) is 0.947. The Morgan fingerprint density at radius 2 is 0.976 bits per heavy atom. The van der Waals surface area contributed by atoms with Crippen molar-refractivity contribution in [1.82, 2.24) is 14.7 Å². The van der Waals surface area contributed by atoms with Crippen LogP contribution in [-0.2, 0) is 4.74 Å². The van der Waals surface area contributed by atoms with E-state index >= 15 is 0 Å². The molecule has 2 saturated heterocycles. The highest BCUT2D eigenvalue weighted by atomic mass is 16.5. The molecule has 0 aromatic rings. The fourth-order valence-electron chi connectivity index (χ4n) is 6.26. The van der Waals surface area contributed by atoms with Gasteiger partial charge in [-0.05, 0) is 97.9 Å². The van der Waals surface area contributed by atoms with Gasteiger partial charge in [0.05, 0.1) is 13.3 Å². The van der Waals surface area contributed by atoms with Gasteiger partial charge in [-0.2, -0.15) is 0 Å². The summed E-state index contributed by atoms with van der Waals surface area (Å²) in [7, 11) is 0. The van der Waals surface area contributed by atoms with Crippen molar-refractivity contribution in [1.29, 1.82) is 0 Å². The van der Waals surface area contributed by atoms with Gasteiger partial charge in [-0.25, -0.2) is 0 Å². The summed E-state index contributed by atoms with van der Waals surface area (Å²) in [6, 6.07) is 1.91. The molecule has 0 radical (unpaired) electrons. The summed E-state index contributed by atoms with van der Waals surface area (Å²) in [4.78, 5) is 7.69. The predicted molar refractivity (Wildman–Crippen MR) is 194 cm³/mol. The van der Waals surface area contributed by atoms with E-state index < -0.39 is 0 Å². The molecule has 4 nitrogen and oxygen atoms in total. The Kier molecular flexibility index (Phi) is 17.8. The average Bonchev–Trinajstić information content (AvgIpc) is 3.45. The number of hydrogen-bond acceptors (Lipinski definition) is 4. The van der Waals surface area contributed by atoms with E-state index in [2.05, 4.69) is 151 Å². The third-order valence-electron chi connectivity index (χ3n) is 8.56. The van der Waals surface area contributed by atoms with Crippen molar-refractivity contribution in [2.45, 2.75) is 194 Å². The molecular weight excluding hydrogens is 514 g/mol. The van der Waals surface area contributed by atoms with Crippen LogP contribution in [0, 0.1) is 16.2 Å². The van der Waals surface area contributed by atoms with Gasteiger partial charge in [-0.3, -0.25) is 14.7 Å². The molecule has 3 aliphatic heterocycles. The summed E-state index contributed by atoms with van der Waals surface area (Å²) in [5, 5.41) is 0. The average molecular weight is 598 g/mol. The Balaban J connectivity index is -0.000000524. The summed E-state index contributed by atoms with van der Waals surface area (Å²) >= 11 is 0. The van der Waals surface area contributed by atoms with E-state index in [4.69, 9.17) is 4.74 Å². The second-order valence-electron chi connectivity index (χ2n) is 18.5. The first-order valence-electron chi connectivity index (χ1n) is 15.7. The summed E-state index contributed by atoms with van der Waals surface area (Å²) in [6.45, 7) is 45.5. The largest absolute Gasteiger partial charge is 0.364 e. The molecule has 0 aliphatic carbocycles. The van der Waals surface area contributed by atoms with Gasteiger partial charge >= 0.3 is 0 Å². The second kappa shape index (κ2) is 16.2. The zero-order chi connectivity index (χ0) is 30.8. The molecule has 0 spiro atoms. The first-order valence-corrected chi connectivity index (χ1v) is 15.7. The maximum Gasteiger partial charge on any atom is 0.0998 e. The van der Waals surface area contributed by atoms with Gasteiger partial charge in [0, 0.05) is 41.3 Å². The molecule has 0 N–H and O–H groups in total. The molecule has 0 aromatic carbocycles. The van der Waals surface area contributed by atoms with Crippen LogP contribution < -0.4 is 0 Å². The lowest BCUT2D eigenvalue weighted by Gasteiger charge is -2.43. The molecule has 0 aromatic heterocycles. The second-order valence-corrected chi connectivity index (χ2v) is 18.5. The summed E-state index contributed by atoms with van der Waals surface area (Å²) in [5.74, 6) is 0. The maximum absolute atomic E-state index is 5.55. The van der Waals surface area contributed by atoms with Gasteiger partial charge in [0.25, 0.3) is 0 Å². The molecule has 0 amide bonds. The number of rotatable bonds is 0. The van der Waals surface area contributed by atoms with Crippen molar-refractivity contribution in [3.8, 4) is 0 Å². The molecule has 256 valence electrons. The molecule has 0 saturated carbocycles. The van der Waals surface area contributed by atoms with E-state index in [0.717, 1.165) is 25.9 Å². The van der Waals surface area contributed by atoms with E-state index in [0.29, 0.717) is 33.9 Å². The van der Waals surface area contributed by atoms with Crippen LogP contribution >= 0.6 is 0 Å². The Morgan fingerprint density at radius 3 is 1.26 bits per heavy atom. The fourth-order valence-corrected chi connectivity index (χ4v) is 6.26. The van der Waals surface area contributed by atoms with E-state index in [9.17, 15) is 0 Å². The molecule has 3 unspecified atom stereocenters. The smallest absolute Gasteiger partial charge is 0.0998 e. The van der Waals surface area contributed by atoms with E-state index in [1.54, 1.807) is 0 Å². The predicted octanol–water partition coefficient (Wildman–Crippen LogP) is 10.8. The van der Waals surface area contributed by atoms with Crippen molar-refractivity contribution in [2.24, 2.45) is 16.2 Å². The standard InChI is InChI=1S/C12H25N.C12H23N.C11H23NO.3CH4/c2*1-11(2,3)10-8-7-9-13(10)12(4,5)6;1-10(2,3)9-7-13-8-12(9)11(4,5)6;;;/h10H,7-9H2,1-6H3;7-8,10H,9H2,1-6H3;9H,7-8H2,1-6H3;3*1H4. The molecule has 3 rings (SSSR count). The molecule has 4 heteroatoms. The minimum absolute atomic E-state index is 0. The van der Waals surface area contributed by atoms with E-state index in [1.165, 1.54) is 19.4 Å². The lowest BCUT2D eigenvalue weighted by Crippen LogP contribution is -2.50. The Morgan fingerprint density at radius 1 is 0.548 bits per heavy atom. The van der Waals surface area contributed by atoms with E-state index in [1.807, 2.05) is 0 Å².